The topological polar surface area (TPSA) is 6.48 Å². The van der Waals surface area contributed by atoms with Crippen molar-refractivity contribution in [2.75, 3.05) is 38.6 Å². The summed E-state index contributed by atoms with van der Waals surface area (Å²) in [5.41, 5.74) is 0. The lowest BCUT2D eigenvalue weighted by atomic mass is 10.1. The number of nitrogens with zero attached hydrogens (tertiary/aromatic N) is 2. The molecule has 94 valence electrons. The van der Waals surface area contributed by atoms with Gasteiger partial charge in [0.1, 0.15) is 0 Å². The maximum Gasteiger partial charge on any atom is 0.0223 e. The molecule has 3 heteroatoms. The van der Waals surface area contributed by atoms with Crippen molar-refractivity contribution < 1.29 is 0 Å². The lowest BCUT2D eigenvalue weighted by molar-refractivity contribution is 0.0971. The molecule has 0 unspecified atom stereocenters. The Morgan fingerprint density at radius 1 is 0.938 bits per heavy atom. The summed E-state index contributed by atoms with van der Waals surface area (Å²) in [5, 5.41) is 0. The summed E-state index contributed by atoms with van der Waals surface area (Å²) < 4.78 is 0. The van der Waals surface area contributed by atoms with Gasteiger partial charge in [-0.1, -0.05) is 12.8 Å². The fourth-order valence-corrected chi connectivity index (χ4v) is 3.24. The molecule has 2 fully saturated rings. The zero-order valence-corrected chi connectivity index (χ0v) is 11.1. The predicted octanol–water partition coefficient (Wildman–Crippen LogP) is 2.57. The molecule has 0 N–H and O–H groups in total. The molecule has 0 amide bonds. The van der Waals surface area contributed by atoms with Crippen molar-refractivity contribution in [3.63, 3.8) is 0 Å². The number of hydrogen-bond donors (Lipinski definition) is 0. The van der Waals surface area contributed by atoms with Crippen LogP contribution in [-0.4, -0.2) is 54.4 Å². The van der Waals surface area contributed by atoms with E-state index in [9.17, 15) is 0 Å². The van der Waals surface area contributed by atoms with Gasteiger partial charge in [-0.2, -0.15) is 0 Å². The Balaban J connectivity index is 1.62. The average molecular weight is 245 g/mol. The van der Waals surface area contributed by atoms with E-state index in [4.69, 9.17) is 11.6 Å². The number of unbranched alkanes of at least 4 members (excludes halogenated alkanes) is 1. The second-order valence-corrected chi connectivity index (χ2v) is 5.59. The molecule has 0 spiro atoms. The van der Waals surface area contributed by atoms with Crippen LogP contribution >= 0.6 is 11.6 Å². The summed E-state index contributed by atoms with van der Waals surface area (Å²) >= 11 is 5.70. The number of alkyl halides is 1. The number of hydrogen-bond acceptors (Lipinski definition) is 2. The Labute approximate surface area is 105 Å². The summed E-state index contributed by atoms with van der Waals surface area (Å²) in [6.45, 7) is 6.40. The average Bonchev–Trinajstić information content (AvgIpc) is 2.84. The highest BCUT2D eigenvalue weighted by atomic mass is 35.5. The smallest absolute Gasteiger partial charge is 0.0223 e. The molecule has 1 saturated carbocycles. The van der Waals surface area contributed by atoms with Crippen molar-refractivity contribution in [2.45, 2.75) is 44.6 Å². The van der Waals surface area contributed by atoms with Gasteiger partial charge in [0.15, 0.2) is 0 Å². The maximum absolute atomic E-state index is 5.70. The van der Waals surface area contributed by atoms with Crippen LogP contribution in [0.1, 0.15) is 38.5 Å². The molecule has 0 aromatic carbocycles. The largest absolute Gasteiger partial charge is 0.301 e. The minimum atomic E-state index is 0.821. The van der Waals surface area contributed by atoms with Crippen LogP contribution in [-0.2, 0) is 0 Å². The Kier molecular flexibility index (Phi) is 5.40. The lowest BCUT2D eigenvalue weighted by Crippen LogP contribution is -2.49. The van der Waals surface area contributed by atoms with Gasteiger partial charge in [0.2, 0.25) is 0 Å². The second kappa shape index (κ2) is 6.83. The summed E-state index contributed by atoms with van der Waals surface area (Å²) in [4.78, 5) is 5.34. The van der Waals surface area contributed by atoms with E-state index in [1.807, 2.05) is 0 Å². The molecular formula is C13H25ClN2. The minimum Gasteiger partial charge on any atom is -0.301 e. The van der Waals surface area contributed by atoms with Crippen molar-refractivity contribution >= 4 is 11.6 Å². The number of rotatable bonds is 5. The van der Waals surface area contributed by atoms with Crippen molar-refractivity contribution in [3.05, 3.63) is 0 Å². The molecular weight excluding hydrogens is 220 g/mol. The molecule has 1 heterocycles. The van der Waals surface area contributed by atoms with Crippen LogP contribution in [0.3, 0.4) is 0 Å². The zero-order valence-electron chi connectivity index (χ0n) is 10.3. The zero-order chi connectivity index (χ0) is 11.2. The van der Waals surface area contributed by atoms with Crippen LogP contribution in [0.15, 0.2) is 0 Å². The van der Waals surface area contributed by atoms with E-state index in [2.05, 4.69) is 9.80 Å². The molecule has 2 aliphatic rings. The third-order valence-corrected chi connectivity index (χ3v) is 4.37. The molecule has 0 aromatic rings. The van der Waals surface area contributed by atoms with Gasteiger partial charge in [-0.3, -0.25) is 4.90 Å². The Hall–Kier alpha value is 0.210. The summed E-state index contributed by atoms with van der Waals surface area (Å²) in [6.07, 6.45) is 8.26. The Morgan fingerprint density at radius 2 is 1.62 bits per heavy atom. The van der Waals surface area contributed by atoms with Gasteiger partial charge in [-0.25, -0.2) is 0 Å². The molecule has 2 nitrogen and oxygen atoms in total. The second-order valence-electron chi connectivity index (χ2n) is 5.21. The summed E-state index contributed by atoms with van der Waals surface area (Å²) in [7, 11) is 0. The van der Waals surface area contributed by atoms with E-state index in [1.54, 1.807) is 0 Å². The van der Waals surface area contributed by atoms with Crippen molar-refractivity contribution in [2.24, 2.45) is 0 Å². The van der Waals surface area contributed by atoms with Crippen LogP contribution in [0.25, 0.3) is 0 Å². The van der Waals surface area contributed by atoms with Crippen LogP contribution < -0.4 is 0 Å². The number of piperazine rings is 1. The first-order valence-electron chi connectivity index (χ1n) is 6.92. The normalized spacial score (nSPS) is 25.3. The van der Waals surface area contributed by atoms with Gasteiger partial charge in [-0.05, 0) is 32.2 Å². The molecule has 1 aliphatic carbocycles. The molecule has 0 atom stereocenters. The molecule has 1 aliphatic heterocycles. The van der Waals surface area contributed by atoms with E-state index in [0.29, 0.717) is 0 Å². The van der Waals surface area contributed by atoms with Gasteiger partial charge in [0.05, 0.1) is 0 Å². The highest BCUT2D eigenvalue weighted by Gasteiger charge is 2.25. The summed E-state index contributed by atoms with van der Waals surface area (Å²) in [5.74, 6) is 0.821. The Bertz CT molecular complexity index is 184. The van der Waals surface area contributed by atoms with E-state index in [1.165, 1.54) is 71.2 Å². The molecule has 16 heavy (non-hydrogen) atoms. The van der Waals surface area contributed by atoms with Gasteiger partial charge in [-0.15, -0.1) is 11.6 Å². The van der Waals surface area contributed by atoms with Crippen LogP contribution in [0.5, 0.6) is 0 Å². The van der Waals surface area contributed by atoms with Crippen LogP contribution in [0.2, 0.25) is 0 Å². The van der Waals surface area contributed by atoms with E-state index in [-0.39, 0.29) is 0 Å². The Morgan fingerprint density at radius 3 is 2.25 bits per heavy atom. The van der Waals surface area contributed by atoms with Gasteiger partial charge in [0, 0.05) is 38.1 Å². The summed E-state index contributed by atoms with van der Waals surface area (Å²) in [6, 6.07) is 0.921. The van der Waals surface area contributed by atoms with Crippen molar-refractivity contribution in [1.82, 2.24) is 9.80 Å². The standard InChI is InChI=1S/C13H25ClN2/c14-7-3-4-8-15-9-11-16(12-10-15)13-5-1-2-6-13/h13H,1-12H2. The molecule has 1 saturated heterocycles. The molecule has 0 bridgehead atoms. The van der Waals surface area contributed by atoms with Crippen LogP contribution in [0.4, 0.5) is 0 Å². The van der Waals surface area contributed by atoms with Crippen molar-refractivity contribution in [1.29, 1.82) is 0 Å². The molecule has 0 aromatic heterocycles. The van der Waals surface area contributed by atoms with Crippen LogP contribution in [0, 0.1) is 0 Å². The fraction of sp³-hybridized carbons (Fsp3) is 1.00. The van der Waals surface area contributed by atoms with E-state index in [0.717, 1.165) is 11.9 Å². The van der Waals surface area contributed by atoms with E-state index < -0.39 is 0 Å². The van der Waals surface area contributed by atoms with Gasteiger partial charge >= 0.3 is 0 Å². The lowest BCUT2D eigenvalue weighted by Gasteiger charge is -2.38. The molecule has 2 rings (SSSR count). The highest BCUT2D eigenvalue weighted by molar-refractivity contribution is 6.17. The third-order valence-electron chi connectivity index (χ3n) is 4.11. The fourth-order valence-electron chi connectivity index (χ4n) is 3.05. The predicted molar refractivity (Wildman–Crippen MR) is 70.2 cm³/mol. The minimum absolute atomic E-state index is 0.821. The number of halogens is 1. The van der Waals surface area contributed by atoms with Gasteiger partial charge in [0.25, 0.3) is 0 Å². The third kappa shape index (κ3) is 3.61. The quantitative estimate of drug-likeness (QED) is 0.542. The highest BCUT2D eigenvalue weighted by Crippen LogP contribution is 2.24. The monoisotopic (exact) mass is 244 g/mol. The SMILES string of the molecule is ClCCCCN1CCN(C2CCCC2)CC1. The first-order chi connectivity index (χ1) is 7.90. The van der Waals surface area contributed by atoms with Gasteiger partial charge < -0.3 is 4.90 Å². The first kappa shape index (κ1) is 12.7. The van der Waals surface area contributed by atoms with Crippen molar-refractivity contribution in [3.8, 4) is 0 Å². The van der Waals surface area contributed by atoms with E-state index >= 15 is 0 Å². The first-order valence-corrected chi connectivity index (χ1v) is 7.46. The maximum atomic E-state index is 5.70. The molecule has 0 radical (unpaired) electrons.